The Labute approximate surface area is 246 Å². The summed E-state index contributed by atoms with van der Waals surface area (Å²) in [7, 11) is -0.662. The number of rotatable bonds is 8. The molecule has 5 rings (SSSR count). The van der Waals surface area contributed by atoms with Gasteiger partial charge in [0.05, 0.1) is 11.2 Å². The molecule has 41 heavy (non-hydrogen) atoms. The summed E-state index contributed by atoms with van der Waals surface area (Å²) in [6.45, 7) is 8.33. The highest BCUT2D eigenvalue weighted by Crippen LogP contribution is 2.44. The number of carbonyl (C=O) groups excluding carboxylic acids is 2. The number of hydrogen-bond acceptors (Lipinski definition) is 5. The van der Waals surface area contributed by atoms with Crippen molar-refractivity contribution < 1.29 is 23.6 Å². The quantitative estimate of drug-likeness (QED) is 0.240. The molecule has 1 aliphatic carbocycles. The number of hydrogen-bond donors (Lipinski definition) is 2. The molecule has 0 atom stereocenters. The van der Waals surface area contributed by atoms with Gasteiger partial charge in [0.25, 0.3) is 0 Å². The van der Waals surface area contributed by atoms with Crippen LogP contribution in [0.3, 0.4) is 0 Å². The van der Waals surface area contributed by atoms with Crippen molar-refractivity contribution >= 4 is 42.5 Å². The van der Waals surface area contributed by atoms with Crippen LogP contribution in [0.25, 0.3) is 17.2 Å². The van der Waals surface area contributed by atoms with E-state index in [4.69, 9.17) is 25.6 Å². The van der Waals surface area contributed by atoms with Gasteiger partial charge < -0.3 is 24.7 Å². The third-order valence-electron chi connectivity index (χ3n) is 8.00. The Morgan fingerprint density at radius 2 is 1.46 bits per heavy atom. The Bertz CT molecular complexity index is 1410. The van der Waals surface area contributed by atoms with Gasteiger partial charge in [0.15, 0.2) is 0 Å². The van der Waals surface area contributed by atoms with E-state index in [-0.39, 0.29) is 30.9 Å². The van der Waals surface area contributed by atoms with E-state index >= 15 is 0 Å². The molecule has 2 N–H and O–H groups in total. The van der Waals surface area contributed by atoms with Crippen LogP contribution in [0.15, 0.2) is 78.3 Å². The summed E-state index contributed by atoms with van der Waals surface area (Å²) in [5.41, 5.74) is 5.80. The van der Waals surface area contributed by atoms with Gasteiger partial charge in [-0.15, -0.1) is 11.6 Å². The summed E-state index contributed by atoms with van der Waals surface area (Å²) in [5.74, 6) is -0.417. The van der Waals surface area contributed by atoms with E-state index in [1.165, 1.54) is 11.1 Å². The first-order chi connectivity index (χ1) is 19.6. The van der Waals surface area contributed by atoms with E-state index in [1.54, 1.807) is 12.1 Å². The van der Waals surface area contributed by atoms with Gasteiger partial charge in [0.1, 0.15) is 12.5 Å². The van der Waals surface area contributed by atoms with Crippen molar-refractivity contribution in [2.75, 3.05) is 24.3 Å². The standard InChI is InChI=1S/C32H34BClN2O5/c1-31(2)32(3,4)41-33(40-31)22(17-21-13-15-23(16-14-21)36-29(37)18-34)19-35-30(38)39-20-28-26-11-7-5-9-24(26)25-10-6-8-12-27(25)28/h5-17,28H,18-20H2,1-4H3,(H,35,38)(H,36,37). The van der Waals surface area contributed by atoms with E-state index < -0.39 is 24.4 Å². The minimum Gasteiger partial charge on any atom is -0.449 e. The van der Waals surface area contributed by atoms with Gasteiger partial charge >= 0.3 is 13.2 Å². The zero-order valence-electron chi connectivity index (χ0n) is 23.7. The van der Waals surface area contributed by atoms with Gasteiger partial charge in [0, 0.05) is 18.2 Å². The lowest BCUT2D eigenvalue weighted by molar-refractivity contribution is -0.113. The average molecular weight is 573 g/mol. The van der Waals surface area contributed by atoms with Crippen molar-refractivity contribution in [3.05, 3.63) is 95.0 Å². The Morgan fingerprint density at radius 3 is 2.02 bits per heavy atom. The van der Waals surface area contributed by atoms with Crippen LogP contribution in [0.5, 0.6) is 0 Å². The molecule has 212 valence electrons. The van der Waals surface area contributed by atoms with Crippen LogP contribution in [0.4, 0.5) is 10.5 Å². The maximum atomic E-state index is 12.9. The summed E-state index contributed by atoms with van der Waals surface area (Å²) < 4.78 is 18.3. The number of amides is 2. The second-order valence-corrected chi connectivity index (χ2v) is 11.6. The van der Waals surface area contributed by atoms with Gasteiger partial charge in [-0.2, -0.15) is 0 Å². The van der Waals surface area contributed by atoms with Crippen LogP contribution < -0.4 is 10.6 Å². The smallest absolute Gasteiger partial charge is 0.449 e. The molecule has 3 aromatic carbocycles. The summed E-state index contributed by atoms with van der Waals surface area (Å²) in [6.07, 6.45) is 1.40. The molecule has 0 bridgehead atoms. The fourth-order valence-corrected chi connectivity index (χ4v) is 5.16. The summed E-state index contributed by atoms with van der Waals surface area (Å²) in [5, 5.41) is 5.61. The maximum Gasteiger partial charge on any atom is 0.492 e. The van der Waals surface area contributed by atoms with Crippen molar-refractivity contribution in [3.63, 3.8) is 0 Å². The molecule has 0 spiro atoms. The molecule has 0 radical (unpaired) electrons. The molecule has 1 aliphatic heterocycles. The van der Waals surface area contributed by atoms with E-state index in [0.717, 1.165) is 22.2 Å². The van der Waals surface area contributed by atoms with Crippen molar-refractivity contribution in [2.45, 2.75) is 44.8 Å². The van der Waals surface area contributed by atoms with Gasteiger partial charge in [0.2, 0.25) is 5.91 Å². The second-order valence-electron chi connectivity index (χ2n) is 11.3. The van der Waals surface area contributed by atoms with Crippen molar-refractivity contribution in [1.29, 1.82) is 0 Å². The van der Waals surface area contributed by atoms with Gasteiger partial charge in [-0.1, -0.05) is 66.7 Å². The fraction of sp³-hybridized carbons (Fsp3) is 0.312. The first kappa shape index (κ1) is 28.9. The minimum absolute atomic E-state index is 0.0240. The molecular weight excluding hydrogens is 539 g/mol. The largest absolute Gasteiger partial charge is 0.492 e. The molecule has 0 saturated carbocycles. The lowest BCUT2D eigenvalue weighted by atomic mass is 9.77. The Morgan fingerprint density at radius 1 is 0.902 bits per heavy atom. The highest BCUT2D eigenvalue weighted by atomic mass is 35.5. The fourth-order valence-electron chi connectivity index (χ4n) is 5.09. The third kappa shape index (κ3) is 6.20. The van der Waals surface area contributed by atoms with E-state index in [1.807, 2.05) is 70.2 Å². The molecule has 1 heterocycles. The molecule has 2 amide bonds. The monoisotopic (exact) mass is 572 g/mol. The SMILES string of the molecule is CC1(C)OB(C(=Cc2ccc(NC(=O)CCl)cc2)CNC(=O)OCC2c3ccccc3-c3ccccc32)OC1(C)C. The van der Waals surface area contributed by atoms with Gasteiger partial charge in [-0.05, 0) is 73.1 Å². The second kappa shape index (κ2) is 11.7. The zero-order chi connectivity index (χ0) is 29.2. The predicted octanol–water partition coefficient (Wildman–Crippen LogP) is 6.42. The van der Waals surface area contributed by atoms with E-state index in [9.17, 15) is 9.59 Å². The number of alkyl carbamates (subject to hydrolysis) is 1. The Kier molecular flexibility index (Phi) is 8.27. The van der Waals surface area contributed by atoms with Crippen LogP contribution in [-0.4, -0.2) is 49.4 Å². The highest BCUT2D eigenvalue weighted by molar-refractivity contribution is 6.56. The number of halogens is 1. The minimum atomic E-state index is -0.662. The van der Waals surface area contributed by atoms with Crippen molar-refractivity contribution in [3.8, 4) is 11.1 Å². The molecule has 3 aromatic rings. The Hall–Kier alpha value is -3.59. The molecule has 1 saturated heterocycles. The Balaban J connectivity index is 1.29. The number of ether oxygens (including phenoxy) is 1. The van der Waals surface area contributed by atoms with Crippen LogP contribution in [0.1, 0.15) is 50.3 Å². The van der Waals surface area contributed by atoms with E-state index in [0.29, 0.717) is 5.69 Å². The molecular formula is C32H34BClN2O5. The topological polar surface area (TPSA) is 85.9 Å². The van der Waals surface area contributed by atoms with Crippen LogP contribution in [0.2, 0.25) is 0 Å². The maximum absolute atomic E-state index is 12.9. The molecule has 2 aliphatic rings. The van der Waals surface area contributed by atoms with Crippen molar-refractivity contribution in [2.24, 2.45) is 0 Å². The summed E-state index contributed by atoms with van der Waals surface area (Å²) in [4.78, 5) is 24.5. The van der Waals surface area contributed by atoms with E-state index in [2.05, 4.69) is 34.9 Å². The number of benzene rings is 3. The number of nitrogens with one attached hydrogen (secondary N) is 2. The van der Waals surface area contributed by atoms with Crippen LogP contribution in [0, 0.1) is 0 Å². The zero-order valence-corrected chi connectivity index (χ0v) is 24.5. The molecule has 0 aromatic heterocycles. The van der Waals surface area contributed by atoms with Gasteiger partial charge in [-0.3, -0.25) is 4.79 Å². The number of anilines is 1. The number of fused-ring (bicyclic) bond motifs is 3. The predicted molar refractivity (Wildman–Crippen MR) is 163 cm³/mol. The van der Waals surface area contributed by atoms with Crippen LogP contribution in [-0.2, 0) is 18.8 Å². The highest BCUT2D eigenvalue weighted by Gasteiger charge is 2.52. The number of alkyl halides is 1. The molecule has 7 nitrogen and oxygen atoms in total. The van der Waals surface area contributed by atoms with Gasteiger partial charge in [-0.25, -0.2) is 4.79 Å². The lowest BCUT2D eigenvalue weighted by Gasteiger charge is -2.32. The first-order valence-electron chi connectivity index (χ1n) is 13.7. The summed E-state index contributed by atoms with van der Waals surface area (Å²) >= 11 is 5.59. The average Bonchev–Trinajstić information content (AvgIpc) is 3.39. The van der Waals surface area contributed by atoms with Crippen molar-refractivity contribution in [1.82, 2.24) is 5.32 Å². The first-order valence-corrected chi connectivity index (χ1v) is 14.2. The summed E-state index contributed by atoms with van der Waals surface area (Å²) in [6, 6.07) is 23.8. The van der Waals surface area contributed by atoms with Crippen LogP contribution >= 0.6 is 11.6 Å². The normalized spacial score (nSPS) is 17.1. The number of carbonyl (C=O) groups is 2. The lowest BCUT2D eigenvalue weighted by Crippen LogP contribution is -2.41. The molecule has 9 heteroatoms. The molecule has 0 unspecified atom stereocenters. The molecule has 1 fully saturated rings. The third-order valence-corrected chi connectivity index (χ3v) is 8.25.